The molecule has 7 nitrogen and oxygen atoms in total. The Morgan fingerprint density at radius 1 is 1.28 bits per heavy atom. The number of halogens is 3. The lowest BCUT2D eigenvalue weighted by molar-refractivity contribution is -0.137. The van der Waals surface area contributed by atoms with Crippen LogP contribution in [0.4, 0.5) is 30.6 Å². The topological polar surface area (TPSA) is 96.2 Å². The summed E-state index contributed by atoms with van der Waals surface area (Å²) < 4.78 is 39.6. The van der Waals surface area contributed by atoms with Crippen LogP contribution in [-0.2, 0) is 23.9 Å². The van der Waals surface area contributed by atoms with Crippen LogP contribution < -0.4 is 16.4 Å². The van der Waals surface area contributed by atoms with E-state index in [0.29, 0.717) is 18.8 Å². The lowest BCUT2D eigenvalue weighted by atomic mass is 9.99. The molecule has 1 fully saturated rings. The van der Waals surface area contributed by atoms with Crippen molar-refractivity contribution in [1.29, 1.82) is 0 Å². The minimum atomic E-state index is -4.53. The van der Waals surface area contributed by atoms with Crippen LogP contribution in [-0.4, -0.2) is 39.9 Å². The third kappa shape index (κ3) is 4.42. The minimum absolute atomic E-state index is 0.0219. The normalized spacial score (nSPS) is 16.3. The van der Waals surface area contributed by atoms with Crippen molar-refractivity contribution in [3.63, 3.8) is 0 Å². The molecule has 2 aromatic rings. The molecule has 1 amide bonds. The van der Waals surface area contributed by atoms with Gasteiger partial charge in [-0.05, 0) is 42.5 Å². The van der Waals surface area contributed by atoms with Crippen molar-refractivity contribution in [2.75, 3.05) is 23.7 Å². The van der Waals surface area contributed by atoms with Gasteiger partial charge in [0.1, 0.15) is 11.4 Å². The highest BCUT2D eigenvalue weighted by Crippen LogP contribution is 2.36. The molecule has 0 unspecified atom stereocenters. The second kappa shape index (κ2) is 7.51. The SMILES string of the molecule is NCC(=O)N1CCc2ccc(Nc3ncc(C(F)(F)F)c(NC4CC4)n3)cc2C1. The van der Waals surface area contributed by atoms with Crippen LogP contribution in [0.5, 0.6) is 0 Å². The molecule has 4 rings (SSSR count). The smallest absolute Gasteiger partial charge is 0.367 e. The molecule has 1 saturated carbocycles. The lowest BCUT2D eigenvalue weighted by Crippen LogP contribution is -2.39. The first-order valence-corrected chi connectivity index (χ1v) is 9.41. The molecule has 1 aromatic carbocycles. The summed E-state index contributed by atoms with van der Waals surface area (Å²) in [5, 5.41) is 5.79. The number of nitrogens with one attached hydrogen (secondary N) is 2. The Labute approximate surface area is 165 Å². The van der Waals surface area contributed by atoms with Gasteiger partial charge in [0.05, 0.1) is 6.54 Å². The minimum Gasteiger partial charge on any atom is -0.367 e. The van der Waals surface area contributed by atoms with E-state index in [0.717, 1.165) is 36.6 Å². The maximum atomic E-state index is 13.2. The van der Waals surface area contributed by atoms with Gasteiger partial charge < -0.3 is 21.3 Å². The van der Waals surface area contributed by atoms with Crippen LogP contribution in [0.1, 0.15) is 29.5 Å². The van der Waals surface area contributed by atoms with Gasteiger partial charge in [0, 0.05) is 31.0 Å². The van der Waals surface area contributed by atoms with Gasteiger partial charge in [-0.25, -0.2) is 4.98 Å². The van der Waals surface area contributed by atoms with Crippen LogP contribution >= 0.6 is 0 Å². The molecule has 154 valence electrons. The van der Waals surface area contributed by atoms with Crippen molar-refractivity contribution in [2.45, 2.75) is 38.0 Å². The number of anilines is 3. The molecule has 2 heterocycles. The van der Waals surface area contributed by atoms with Gasteiger partial charge in [-0.2, -0.15) is 18.2 Å². The number of benzene rings is 1. The molecule has 1 aliphatic heterocycles. The molecule has 4 N–H and O–H groups in total. The Kier molecular flexibility index (Phi) is 5.03. The Morgan fingerprint density at radius 3 is 2.76 bits per heavy atom. The fourth-order valence-corrected chi connectivity index (χ4v) is 3.29. The van der Waals surface area contributed by atoms with Crippen LogP contribution in [0.3, 0.4) is 0 Å². The fourth-order valence-electron chi connectivity index (χ4n) is 3.29. The first-order chi connectivity index (χ1) is 13.8. The average Bonchev–Trinajstić information content (AvgIpc) is 3.50. The number of hydrogen-bond acceptors (Lipinski definition) is 6. The van der Waals surface area contributed by atoms with Crippen LogP contribution in [0, 0.1) is 0 Å². The van der Waals surface area contributed by atoms with Crippen molar-refractivity contribution < 1.29 is 18.0 Å². The maximum absolute atomic E-state index is 13.2. The quantitative estimate of drug-likeness (QED) is 0.707. The zero-order valence-electron chi connectivity index (χ0n) is 15.6. The molecule has 1 aliphatic carbocycles. The molecule has 0 radical (unpaired) electrons. The number of nitrogens with zero attached hydrogens (tertiary/aromatic N) is 3. The van der Waals surface area contributed by atoms with Crippen LogP contribution in [0.15, 0.2) is 24.4 Å². The number of hydrogen-bond donors (Lipinski definition) is 3. The number of carbonyl (C=O) groups excluding carboxylic acids is 1. The van der Waals surface area contributed by atoms with Gasteiger partial charge in [0.25, 0.3) is 0 Å². The Balaban J connectivity index is 1.56. The van der Waals surface area contributed by atoms with Crippen molar-refractivity contribution in [3.8, 4) is 0 Å². The van der Waals surface area contributed by atoms with Crippen LogP contribution in [0.2, 0.25) is 0 Å². The summed E-state index contributed by atoms with van der Waals surface area (Å²) in [7, 11) is 0. The first-order valence-electron chi connectivity index (χ1n) is 9.41. The number of carbonyl (C=O) groups is 1. The molecule has 29 heavy (non-hydrogen) atoms. The summed E-state index contributed by atoms with van der Waals surface area (Å²) in [6.45, 7) is 1.03. The van der Waals surface area contributed by atoms with Crippen molar-refractivity contribution in [1.82, 2.24) is 14.9 Å². The number of aromatic nitrogens is 2. The summed E-state index contributed by atoms with van der Waals surface area (Å²) >= 11 is 0. The predicted molar refractivity (Wildman–Crippen MR) is 102 cm³/mol. The van der Waals surface area contributed by atoms with Gasteiger partial charge in [0.15, 0.2) is 0 Å². The summed E-state index contributed by atoms with van der Waals surface area (Å²) in [4.78, 5) is 21.4. The van der Waals surface area contributed by atoms with Crippen molar-refractivity contribution >= 4 is 23.4 Å². The average molecular weight is 406 g/mol. The van der Waals surface area contributed by atoms with E-state index in [1.165, 1.54) is 0 Å². The summed E-state index contributed by atoms with van der Waals surface area (Å²) in [5.41, 5.74) is 7.30. The Morgan fingerprint density at radius 2 is 2.07 bits per heavy atom. The predicted octanol–water partition coefficient (Wildman–Crippen LogP) is 2.66. The monoisotopic (exact) mass is 406 g/mol. The molecular weight excluding hydrogens is 385 g/mol. The second-order valence-corrected chi connectivity index (χ2v) is 7.25. The third-order valence-electron chi connectivity index (χ3n) is 5.01. The van der Waals surface area contributed by atoms with E-state index >= 15 is 0 Å². The summed E-state index contributed by atoms with van der Waals surface area (Å²) in [6.07, 6.45) is -1.35. The lowest BCUT2D eigenvalue weighted by Gasteiger charge is -2.29. The zero-order chi connectivity index (χ0) is 20.6. The molecule has 0 atom stereocenters. The number of alkyl halides is 3. The maximum Gasteiger partial charge on any atom is 0.421 e. The van der Waals surface area contributed by atoms with E-state index in [2.05, 4.69) is 20.6 Å². The number of fused-ring (bicyclic) bond motifs is 1. The number of nitrogens with two attached hydrogens (primary N) is 1. The van der Waals surface area contributed by atoms with Gasteiger partial charge in [-0.15, -0.1) is 0 Å². The molecular formula is C19H21F3N6O. The first kappa shape index (κ1) is 19.4. The Hall–Kier alpha value is -2.88. The highest BCUT2D eigenvalue weighted by Gasteiger charge is 2.37. The van der Waals surface area contributed by atoms with Crippen molar-refractivity contribution in [2.24, 2.45) is 5.73 Å². The van der Waals surface area contributed by atoms with E-state index in [1.807, 2.05) is 18.2 Å². The number of amides is 1. The van der Waals surface area contributed by atoms with Gasteiger partial charge in [-0.3, -0.25) is 4.79 Å². The van der Waals surface area contributed by atoms with E-state index < -0.39 is 11.7 Å². The van der Waals surface area contributed by atoms with Gasteiger partial charge in [-0.1, -0.05) is 6.07 Å². The summed E-state index contributed by atoms with van der Waals surface area (Å²) in [6, 6.07) is 5.65. The molecule has 2 aliphatic rings. The zero-order valence-corrected chi connectivity index (χ0v) is 15.6. The van der Waals surface area contributed by atoms with E-state index in [9.17, 15) is 18.0 Å². The Bertz CT molecular complexity index is 929. The third-order valence-corrected chi connectivity index (χ3v) is 5.01. The van der Waals surface area contributed by atoms with E-state index in [4.69, 9.17) is 5.73 Å². The van der Waals surface area contributed by atoms with Crippen molar-refractivity contribution in [3.05, 3.63) is 41.1 Å². The van der Waals surface area contributed by atoms with Gasteiger partial charge in [0.2, 0.25) is 11.9 Å². The fraction of sp³-hybridized carbons (Fsp3) is 0.421. The second-order valence-electron chi connectivity index (χ2n) is 7.25. The highest BCUT2D eigenvalue weighted by atomic mass is 19.4. The van der Waals surface area contributed by atoms with E-state index in [1.54, 1.807) is 4.90 Å². The van der Waals surface area contributed by atoms with E-state index in [-0.39, 0.29) is 30.3 Å². The largest absolute Gasteiger partial charge is 0.421 e. The number of rotatable bonds is 5. The molecule has 0 spiro atoms. The highest BCUT2D eigenvalue weighted by molar-refractivity contribution is 5.78. The summed E-state index contributed by atoms with van der Waals surface area (Å²) in [5.74, 6) is -0.252. The molecule has 10 heteroatoms. The molecule has 0 saturated heterocycles. The van der Waals surface area contributed by atoms with Gasteiger partial charge >= 0.3 is 6.18 Å². The molecule has 1 aromatic heterocycles. The van der Waals surface area contributed by atoms with Crippen LogP contribution in [0.25, 0.3) is 0 Å². The molecule has 0 bridgehead atoms. The standard InChI is InChI=1S/C19H21F3N6O/c20-19(21,22)15-9-24-18(27-17(15)25-13-3-4-13)26-14-2-1-11-5-6-28(16(29)8-23)10-12(11)7-14/h1-2,7,9,13H,3-6,8,10,23H2,(H2,24,25,26,27).